The number of hydrogen-bond acceptors (Lipinski definition) is 3. The van der Waals surface area contributed by atoms with Crippen molar-refractivity contribution in [3.05, 3.63) is 47.5 Å². The number of ether oxygens (including phenoxy) is 1. The van der Waals surface area contributed by atoms with E-state index in [1.54, 1.807) is 13.2 Å². The SMILES string of the molecule is CNC(c1cc(Cl)sc1Cl)c1cc(Cl)cc(Br)c1OC. The normalized spacial score (nSPS) is 12.5. The first-order valence-corrected chi connectivity index (χ1v) is 8.37. The van der Waals surface area contributed by atoms with Crippen LogP contribution in [0.1, 0.15) is 17.2 Å². The molecule has 1 aromatic carbocycles. The van der Waals surface area contributed by atoms with Gasteiger partial charge >= 0.3 is 0 Å². The molecule has 1 heterocycles. The first kappa shape index (κ1) is 16.4. The molecule has 0 fully saturated rings. The van der Waals surface area contributed by atoms with Gasteiger partial charge in [-0.1, -0.05) is 34.8 Å². The third-order valence-corrected chi connectivity index (χ3v) is 5.16. The molecule has 2 rings (SSSR count). The van der Waals surface area contributed by atoms with Crippen molar-refractivity contribution >= 4 is 62.1 Å². The molecule has 0 bridgehead atoms. The van der Waals surface area contributed by atoms with E-state index in [-0.39, 0.29) is 6.04 Å². The van der Waals surface area contributed by atoms with Gasteiger partial charge < -0.3 is 10.1 Å². The van der Waals surface area contributed by atoms with Crippen molar-refractivity contribution in [2.45, 2.75) is 6.04 Å². The number of methoxy groups -OCH3 is 1. The van der Waals surface area contributed by atoms with Gasteiger partial charge in [-0.15, -0.1) is 11.3 Å². The monoisotopic (exact) mass is 413 g/mol. The van der Waals surface area contributed by atoms with Crippen LogP contribution in [-0.4, -0.2) is 14.2 Å². The molecule has 0 saturated carbocycles. The summed E-state index contributed by atoms with van der Waals surface area (Å²) in [6.45, 7) is 0. The second-order valence-electron chi connectivity index (χ2n) is 4.01. The molecule has 1 aromatic heterocycles. The Bertz CT molecular complexity index is 632. The molecule has 20 heavy (non-hydrogen) atoms. The van der Waals surface area contributed by atoms with E-state index in [1.807, 2.05) is 19.2 Å². The summed E-state index contributed by atoms with van der Waals surface area (Å²) in [5.74, 6) is 0.715. The van der Waals surface area contributed by atoms with E-state index in [0.29, 0.717) is 19.4 Å². The molecule has 0 aliphatic rings. The number of rotatable bonds is 4. The summed E-state index contributed by atoms with van der Waals surface area (Å²) in [6.07, 6.45) is 0. The Balaban J connectivity index is 2.60. The standard InChI is InChI=1S/C13H11BrCl3NOS/c1-18-11(8-5-10(16)20-13(8)17)7-3-6(15)4-9(14)12(7)19-2/h3-5,11,18H,1-2H3. The predicted molar refractivity (Wildman–Crippen MR) is 90.9 cm³/mol. The minimum atomic E-state index is -0.156. The minimum Gasteiger partial charge on any atom is -0.495 e. The van der Waals surface area contributed by atoms with Crippen LogP contribution in [0.4, 0.5) is 0 Å². The van der Waals surface area contributed by atoms with Crippen molar-refractivity contribution in [1.29, 1.82) is 0 Å². The lowest BCUT2D eigenvalue weighted by atomic mass is 10.0. The van der Waals surface area contributed by atoms with E-state index in [0.717, 1.165) is 15.6 Å². The molecule has 1 unspecified atom stereocenters. The molecular formula is C13H11BrCl3NOS. The van der Waals surface area contributed by atoms with Crippen molar-refractivity contribution in [2.75, 3.05) is 14.2 Å². The van der Waals surface area contributed by atoms with Crippen molar-refractivity contribution in [3.8, 4) is 5.75 Å². The Morgan fingerprint density at radius 3 is 2.40 bits per heavy atom. The fourth-order valence-electron chi connectivity index (χ4n) is 2.04. The van der Waals surface area contributed by atoms with E-state index in [9.17, 15) is 0 Å². The van der Waals surface area contributed by atoms with E-state index in [1.165, 1.54) is 11.3 Å². The average molecular weight is 416 g/mol. The zero-order valence-electron chi connectivity index (χ0n) is 10.6. The van der Waals surface area contributed by atoms with Crippen LogP contribution in [0.25, 0.3) is 0 Å². The van der Waals surface area contributed by atoms with Gasteiger partial charge in [-0.25, -0.2) is 0 Å². The lowest BCUT2D eigenvalue weighted by Crippen LogP contribution is -2.18. The van der Waals surface area contributed by atoms with Crippen LogP contribution in [0.15, 0.2) is 22.7 Å². The second kappa shape index (κ2) is 6.86. The lowest BCUT2D eigenvalue weighted by Gasteiger charge is -2.20. The van der Waals surface area contributed by atoms with Gasteiger partial charge in [-0.3, -0.25) is 0 Å². The molecule has 0 amide bonds. The van der Waals surface area contributed by atoms with Crippen molar-refractivity contribution in [3.63, 3.8) is 0 Å². The molecule has 0 aliphatic heterocycles. The second-order valence-corrected chi connectivity index (χ2v) is 7.59. The Morgan fingerprint density at radius 2 is 1.90 bits per heavy atom. The van der Waals surface area contributed by atoms with E-state index in [2.05, 4.69) is 21.2 Å². The lowest BCUT2D eigenvalue weighted by molar-refractivity contribution is 0.403. The highest BCUT2D eigenvalue weighted by Crippen LogP contribution is 2.42. The third kappa shape index (κ3) is 3.26. The van der Waals surface area contributed by atoms with Crippen LogP contribution in [0.3, 0.4) is 0 Å². The number of halogens is 4. The number of hydrogen-bond donors (Lipinski definition) is 1. The van der Waals surface area contributed by atoms with Crippen molar-refractivity contribution < 1.29 is 4.74 Å². The summed E-state index contributed by atoms with van der Waals surface area (Å²) < 4.78 is 7.55. The van der Waals surface area contributed by atoms with E-state index >= 15 is 0 Å². The summed E-state index contributed by atoms with van der Waals surface area (Å²) in [4.78, 5) is 0. The van der Waals surface area contributed by atoms with E-state index < -0.39 is 0 Å². The van der Waals surface area contributed by atoms with Gasteiger partial charge in [0.1, 0.15) is 5.75 Å². The molecule has 2 nitrogen and oxygen atoms in total. The maximum Gasteiger partial charge on any atom is 0.138 e. The summed E-state index contributed by atoms with van der Waals surface area (Å²) in [7, 11) is 3.47. The minimum absolute atomic E-state index is 0.156. The van der Waals surface area contributed by atoms with Gasteiger partial charge in [0.15, 0.2) is 0 Å². The van der Waals surface area contributed by atoms with Crippen molar-refractivity contribution in [2.24, 2.45) is 0 Å². The fourth-order valence-corrected chi connectivity index (χ4v) is 4.57. The molecule has 1 atom stereocenters. The zero-order valence-corrected chi connectivity index (χ0v) is 15.3. The first-order valence-electron chi connectivity index (χ1n) is 5.62. The largest absolute Gasteiger partial charge is 0.495 e. The quantitative estimate of drug-likeness (QED) is 0.683. The van der Waals surface area contributed by atoms with Gasteiger partial charge in [0.05, 0.1) is 26.3 Å². The predicted octanol–water partition coefficient (Wildman–Crippen LogP) is 5.79. The number of nitrogens with one attached hydrogen (secondary N) is 1. The highest BCUT2D eigenvalue weighted by Gasteiger charge is 2.23. The summed E-state index contributed by atoms with van der Waals surface area (Å²) >= 11 is 23.2. The van der Waals surface area contributed by atoms with Crippen molar-refractivity contribution in [1.82, 2.24) is 5.32 Å². The van der Waals surface area contributed by atoms with Crippen LogP contribution in [-0.2, 0) is 0 Å². The van der Waals surface area contributed by atoms with Crippen LogP contribution in [0, 0.1) is 0 Å². The summed E-state index contributed by atoms with van der Waals surface area (Å²) in [6, 6.07) is 5.34. The summed E-state index contributed by atoms with van der Waals surface area (Å²) in [5, 5.41) is 3.84. The highest BCUT2D eigenvalue weighted by atomic mass is 79.9. The van der Waals surface area contributed by atoms with Crippen LogP contribution < -0.4 is 10.1 Å². The molecule has 0 aliphatic carbocycles. The number of thiophene rings is 1. The molecule has 7 heteroatoms. The molecular weight excluding hydrogens is 404 g/mol. The maximum atomic E-state index is 6.25. The zero-order chi connectivity index (χ0) is 14.9. The average Bonchev–Trinajstić information content (AvgIpc) is 2.69. The third-order valence-electron chi connectivity index (χ3n) is 2.83. The maximum absolute atomic E-state index is 6.25. The highest BCUT2D eigenvalue weighted by molar-refractivity contribution is 9.10. The molecule has 0 saturated heterocycles. The van der Waals surface area contributed by atoms with Gasteiger partial charge in [0.2, 0.25) is 0 Å². The first-order chi connectivity index (χ1) is 9.47. The molecule has 0 radical (unpaired) electrons. The molecule has 0 spiro atoms. The summed E-state index contributed by atoms with van der Waals surface area (Å²) in [5.41, 5.74) is 1.79. The Kier molecular flexibility index (Phi) is 5.63. The smallest absolute Gasteiger partial charge is 0.138 e. The van der Waals surface area contributed by atoms with Gasteiger partial charge in [0, 0.05) is 16.1 Å². The fraction of sp³-hybridized carbons (Fsp3) is 0.231. The van der Waals surface area contributed by atoms with Crippen LogP contribution in [0.5, 0.6) is 5.75 Å². The van der Waals surface area contributed by atoms with Gasteiger partial charge in [0.25, 0.3) is 0 Å². The topological polar surface area (TPSA) is 21.3 Å². The number of benzene rings is 1. The molecule has 2 aromatic rings. The van der Waals surface area contributed by atoms with Crippen LogP contribution in [0.2, 0.25) is 13.7 Å². The molecule has 1 N–H and O–H groups in total. The van der Waals surface area contributed by atoms with Gasteiger partial charge in [-0.05, 0) is 41.2 Å². The molecule has 108 valence electrons. The Hall–Kier alpha value is 0.0300. The van der Waals surface area contributed by atoms with Gasteiger partial charge in [-0.2, -0.15) is 0 Å². The Morgan fingerprint density at radius 1 is 1.20 bits per heavy atom. The van der Waals surface area contributed by atoms with E-state index in [4.69, 9.17) is 39.5 Å². The Labute approximate surface area is 145 Å². The van der Waals surface area contributed by atoms with Crippen LogP contribution >= 0.6 is 62.1 Å².